The first kappa shape index (κ1) is 9.81. The zero-order chi connectivity index (χ0) is 10.5. The lowest BCUT2D eigenvalue weighted by Crippen LogP contribution is -2.60. The Morgan fingerprint density at radius 1 is 1.43 bits per heavy atom. The fourth-order valence-corrected chi connectivity index (χ4v) is 3.50. The highest BCUT2D eigenvalue weighted by molar-refractivity contribution is 5.65. The molecular formula is C11H19NO2. The van der Waals surface area contributed by atoms with E-state index in [1.54, 1.807) is 0 Å². The molecule has 0 aromatic carbocycles. The molecule has 3 rings (SSSR count). The van der Waals surface area contributed by atoms with Crippen molar-refractivity contribution < 1.29 is 9.90 Å². The SMILES string of the molecule is CC1C(NC(=O)O)CC2CC1C2(C)C. The Hall–Kier alpha value is -0.730. The lowest BCUT2D eigenvalue weighted by Gasteiger charge is -2.61. The van der Waals surface area contributed by atoms with Gasteiger partial charge in [-0.3, -0.25) is 0 Å². The van der Waals surface area contributed by atoms with Gasteiger partial charge in [0.25, 0.3) is 0 Å². The summed E-state index contributed by atoms with van der Waals surface area (Å²) in [6.45, 7) is 6.82. The van der Waals surface area contributed by atoms with Gasteiger partial charge in [-0.2, -0.15) is 0 Å². The number of hydrogen-bond acceptors (Lipinski definition) is 1. The molecule has 4 atom stereocenters. The van der Waals surface area contributed by atoms with Crippen molar-refractivity contribution >= 4 is 6.09 Å². The van der Waals surface area contributed by atoms with Gasteiger partial charge in [0.2, 0.25) is 0 Å². The first-order valence-corrected chi connectivity index (χ1v) is 5.42. The van der Waals surface area contributed by atoms with Crippen molar-refractivity contribution in [2.24, 2.45) is 23.2 Å². The number of amides is 1. The molecule has 0 aliphatic heterocycles. The summed E-state index contributed by atoms with van der Waals surface area (Å²) in [4.78, 5) is 10.6. The smallest absolute Gasteiger partial charge is 0.404 e. The van der Waals surface area contributed by atoms with Crippen LogP contribution in [0.25, 0.3) is 0 Å². The number of rotatable bonds is 1. The van der Waals surface area contributed by atoms with Crippen molar-refractivity contribution in [1.29, 1.82) is 0 Å². The maximum Gasteiger partial charge on any atom is 0.404 e. The van der Waals surface area contributed by atoms with Gasteiger partial charge >= 0.3 is 6.09 Å². The number of hydrogen-bond donors (Lipinski definition) is 2. The number of fused-ring (bicyclic) bond motifs is 2. The highest BCUT2D eigenvalue weighted by atomic mass is 16.4. The number of carboxylic acid groups (broad SMARTS) is 1. The van der Waals surface area contributed by atoms with E-state index in [0.29, 0.717) is 17.3 Å². The minimum atomic E-state index is -0.874. The number of nitrogens with one attached hydrogen (secondary N) is 1. The molecule has 3 aliphatic carbocycles. The lowest BCUT2D eigenvalue weighted by molar-refractivity contribution is -0.113. The van der Waals surface area contributed by atoms with Crippen LogP contribution in [-0.2, 0) is 0 Å². The molecule has 3 aliphatic rings. The normalized spacial score (nSPS) is 43.9. The van der Waals surface area contributed by atoms with Crippen LogP contribution >= 0.6 is 0 Å². The molecule has 1 amide bonds. The molecule has 3 fully saturated rings. The van der Waals surface area contributed by atoms with Gasteiger partial charge in [0.05, 0.1) is 0 Å². The fourth-order valence-electron chi connectivity index (χ4n) is 3.50. The minimum absolute atomic E-state index is 0.185. The van der Waals surface area contributed by atoms with E-state index in [9.17, 15) is 4.79 Å². The molecule has 2 N–H and O–H groups in total. The first-order chi connectivity index (χ1) is 6.43. The average Bonchev–Trinajstić information content (AvgIpc) is 2.06. The van der Waals surface area contributed by atoms with Gasteiger partial charge in [-0.05, 0) is 36.0 Å². The molecule has 4 unspecified atom stereocenters. The fraction of sp³-hybridized carbons (Fsp3) is 0.909. The standard InChI is InChI=1S/C11H19NO2/c1-6-8-4-7(11(8,2)3)5-9(6)12-10(13)14/h6-9,12H,4-5H2,1-3H3,(H,13,14). The van der Waals surface area contributed by atoms with E-state index >= 15 is 0 Å². The Labute approximate surface area is 84.9 Å². The highest BCUT2D eigenvalue weighted by Crippen LogP contribution is 2.61. The number of carbonyl (C=O) groups is 1. The van der Waals surface area contributed by atoms with Crippen molar-refractivity contribution in [2.75, 3.05) is 0 Å². The van der Waals surface area contributed by atoms with Crippen LogP contribution in [0.1, 0.15) is 33.6 Å². The first-order valence-electron chi connectivity index (χ1n) is 5.42. The topological polar surface area (TPSA) is 49.3 Å². The Morgan fingerprint density at radius 2 is 2.07 bits per heavy atom. The zero-order valence-electron chi connectivity index (χ0n) is 9.08. The predicted molar refractivity (Wildman–Crippen MR) is 54.1 cm³/mol. The molecule has 0 saturated heterocycles. The van der Waals surface area contributed by atoms with Gasteiger partial charge in [0.1, 0.15) is 0 Å². The molecule has 2 bridgehead atoms. The van der Waals surface area contributed by atoms with Crippen molar-refractivity contribution in [1.82, 2.24) is 5.32 Å². The van der Waals surface area contributed by atoms with E-state index in [0.717, 1.165) is 12.3 Å². The van der Waals surface area contributed by atoms with Gasteiger partial charge in [-0.15, -0.1) is 0 Å². The van der Waals surface area contributed by atoms with Crippen LogP contribution in [-0.4, -0.2) is 17.2 Å². The van der Waals surface area contributed by atoms with E-state index in [4.69, 9.17) is 5.11 Å². The van der Waals surface area contributed by atoms with Gasteiger partial charge in [-0.1, -0.05) is 20.8 Å². The molecule has 3 heteroatoms. The third-order valence-electron chi connectivity index (χ3n) is 4.66. The summed E-state index contributed by atoms with van der Waals surface area (Å²) in [6, 6.07) is 0.185. The van der Waals surface area contributed by atoms with E-state index in [-0.39, 0.29) is 6.04 Å². The molecule has 0 spiro atoms. The molecule has 80 valence electrons. The molecule has 0 radical (unpaired) electrons. The summed E-state index contributed by atoms with van der Waals surface area (Å²) >= 11 is 0. The van der Waals surface area contributed by atoms with Crippen LogP contribution < -0.4 is 5.32 Å². The van der Waals surface area contributed by atoms with Crippen LogP contribution in [0.2, 0.25) is 0 Å². The maximum atomic E-state index is 10.6. The Bertz CT molecular complexity index is 262. The van der Waals surface area contributed by atoms with Gasteiger partial charge in [-0.25, -0.2) is 4.79 Å². The van der Waals surface area contributed by atoms with Crippen LogP contribution in [0.5, 0.6) is 0 Å². The third kappa shape index (κ3) is 1.22. The lowest BCUT2D eigenvalue weighted by atomic mass is 9.45. The van der Waals surface area contributed by atoms with E-state index in [2.05, 4.69) is 26.1 Å². The van der Waals surface area contributed by atoms with Crippen LogP contribution in [0.3, 0.4) is 0 Å². The second-order valence-corrected chi connectivity index (χ2v) is 5.51. The summed E-state index contributed by atoms with van der Waals surface area (Å²) in [5.74, 6) is 1.92. The molecule has 0 heterocycles. The van der Waals surface area contributed by atoms with Crippen molar-refractivity contribution in [3.05, 3.63) is 0 Å². The highest BCUT2D eigenvalue weighted by Gasteiger charge is 2.56. The predicted octanol–water partition coefficient (Wildman–Crippen LogP) is 2.32. The summed E-state index contributed by atoms with van der Waals surface area (Å²) in [6.07, 6.45) is 1.45. The van der Waals surface area contributed by atoms with Crippen LogP contribution in [0, 0.1) is 23.2 Å². The van der Waals surface area contributed by atoms with E-state index in [1.807, 2.05) is 0 Å². The van der Waals surface area contributed by atoms with E-state index in [1.165, 1.54) is 6.42 Å². The third-order valence-corrected chi connectivity index (χ3v) is 4.66. The monoisotopic (exact) mass is 197 g/mol. The van der Waals surface area contributed by atoms with Crippen LogP contribution in [0.15, 0.2) is 0 Å². The quantitative estimate of drug-likeness (QED) is 0.677. The molecule has 0 aromatic rings. The summed E-state index contributed by atoms with van der Waals surface area (Å²) in [7, 11) is 0. The van der Waals surface area contributed by atoms with Crippen molar-refractivity contribution in [3.63, 3.8) is 0 Å². The largest absolute Gasteiger partial charge is 0.465 e. The Morgan fingerprint density at radius 3 is 2.50 bits per heavy atom. The minimum Gasteiger partial charge on any atom is -0.465 e. The second kappa shape index (κ2) is 2.88. The average molecular weight is 197 g/mol. The molecule has 14 heavy (non-hydrogen) atoms. The van der Waals surface area contributed by atoms with Gasteiger partial charge in [0.15, 0.2) is 0 Å². The molecule has 3 saturated carbocycles. The van der Waals surface area contributed by atoms with Crippen LogP contribution in [0.4, 0.5) is 4.79 Å². The maximum absolute atomic E-state index is 10.6. The van der Waals surface area contributed by atoms with E-state index < -0.39 is 6.09 Å². The van der Waals surface area contributed by atoms with Gasteiger partial charge in [0, 0.05) is 6.04 Å². The Kier molecular flexibility index (Phi) is 2.02. The summed E-state index contributed by atoms with van der Waals surface area (Å²) in [5.41, 5.74) is 0.441. The summed E-state index contributed by atoms with van der Waals surface area (Å²) < 4.78 is 0. The van der Waals surface area contributed by atoms with Crippen molar-refractivity contribution in [3.8, 4) is 0 Å². The summed E-state index contributed by atoms with van der Waals surface area (Å²) in [5, 5.41) is 11.4. The molecular weight excluding hydrogens is 178 g/mol. The van der Waals surface area contributed by atoms with Gasteiger partial charge < -0.3 is 10.4 Å². The Balaban J connectivity index is 2.04. The second-order valence-electron chi connectivity index (χ2n) is 5.51. The molecule has 3 nitrogen and oxygen atoms in total. The van der Waals surface area contributed by atoms with Crippen molar-refractivity contribution in [2.45, 2.75) is 39.7 Å². The molecule has 0 aromatic heterocycles. The zero-order valence-corrected chi connectivity index (χ0v) is 9.08.